The van der Waals surface area contributed by atoms with E-state index >= 15 is 0 Å². The highest BCUT2D eigenvalue weighted by Gasteiger charge is 2.54. The Hall–Kier alpha value is -5.20. The third kappa shape index (κ3) is 6.75. The van der Waals surface area contributed by atoms with Crippen LogP contribution >= 0.6 is 11.6 Å². The highest BCUT2D eigenvalue weighted by Crippen LogP contribution is 2.41. The van der Waals surface area contributed by atoms with E-state index in [0.717, 1.165) is 33.5 Å². The Kier molecular flexibility index (Phi) is 9.89. The first-order valence-corrected chi connectivity index (χ1v) is 20.7. The largest absolute Gasteiger partial charge is 0.455 e. The van der Waals surface area contributed by atoms with Crippen molar-refractivity contribution in [1.82, 2.24) is 24.8 Å². The molecule has 4 atom stereocenters. The highest BCUT2D eigenvalue weighted by molar-refractivity contribution is 6.99. The number of amides is 1. The molecule has 2 aliphatic rings. The van der Waals surface area contributed by atoms with Crippen LogP contribution in [-0.4, -0.2) is 64.6 Å². The second-order valence-corrected chi connectivity index (χ2v) is 19.8. The third-order valence-corrected chi connectivity index (χ3v) is 16.0. The maximum atomic E-state index is 14.3. The van der Waals surface area contributed by atoms with Crippen LogP contribution in [0.15, 0.2) is 116 Å². The third-order valence-electron chi connectivity index (χ3n) is 10.7. The number of rotatable bonds is 10. The molecule has 0 saturated carbocycles. The standard InChI is InChI=1S/C43H42ClN5O5Si/c1-27(50)53-39-37(48-36(51)23-29-15-13-21-33-32-20-12-11-14-28(32)22-34(29)33)35(54-42(39)49-26-47-38-40(44)45-25-46-41(38)49)24-52-55(43(2,3)4,30-16-7-5-8-17-30)31-18-9-6-10-19-31/h5-21,25-26,35,37,39,42H,22-24H2,1-4H3,(H,48,51)/t35-,37-,39-,42-/m1/s1. The fourth-order valence-electron chi connectivity index (χ4n) is 8.37. The summed E-state index contributed by atoms with van der Waals surface area (Å²) in [5.74, 6) is -0.755. The van der Waals surface area contributed by atoms with Crippen molar-refractivity contribution in [3.63, 3.8) is 0 Å². The molecule has 0 spiro atoms. The van der Waals surface area contributed by atoms with Gasteiger partial charge >= 0.3 is 5.97 Å². The van der Waals surface area contributed by atoms with Crippen molar-refractivity contribution in [3.8, 4) is 11.1 Å². The Morgan fingerprint density at radius 1 is 0.891 bits per heavy atom. The van der Waals surface area contributed by atoms with E-state index in [1.54, 1.807) is 10.9 Å². The van der Waals surface area contributed by atoms with Gasteiger partial charge in [0, 0.05) is 6.92 Å². The Labute approximate surface area is 326 Å². The zero-order valence-corrected chi connectivity index (χ0v) is 32.9. The average Bonchev–Trinajstić information content (AvgIpc) is 3.87. The van der Waals surface area contributed by atoms with Crippen molar-refractivity contribution in [2.45, 2.75) is 70.1 Å². The number of carbonyl (C=O) groups is 2. The van der Waals surface area contributed by atoms with Crippen LogP contribution in [0.2, 0.25) is 10.2 Å². The number of nitrogens with zero attached hydrogens (tertiary/aromatic N) is 4. The lowest BCUT2D eigenvalue weighted by Crippen LogP contribution is -2.67. The van der Waals surface area contributed by atoms with Crippen LogP contribution in [0.1, 0.15) is 50.6 Å². The summed E-state index contributed by atoms with van der Waals surface area (Å²) in [5, 5.41) is 5.32. The van der Waals surface area contributed by atoms with Gasteiger partial charge in [-0.15, -0.1) is 0 Å². The van der Waals surface area contributed by atoms with Gasteiger partial charge < -0.3 is 19.2 Å². The van der Waals surface area contributed by atoms with Crippen molar-refractivity contribution >= 4 is 53.3 Å². The number of esters is 1. The number of imidazole rings is 1. The van der Waals surface area contributed by atoms with Crippen LogP contribution in [-0.2, 0) is 36.3 Å². The predicted octanol–water partition coefficient (Wildman–Crippen LogP) is 6.18. The maximum Gasteiger partial charge on any atom is 0.303 e. The van der Waals surface area contributed by atoms with Crippen molar-refractivity contribution < 1.29 is 23.5 Å². The van der Waals surface area contributed by atoms with Gasteiger partial charge in [-0.3, -0.25) is 14.2 Å². The molecule has 0 unspecified atom stereocenters. The topological polar surface area (TPSA) is 117 Å². The average molecular weight is 772 g/mol. The van der Waals surface area contributed by atoms with Gasteiger partial charge in [-0.1, -0.05) is 136 Å². The lowest BCUT2D eigenvalue weighted by atomic mass is 9.98. The predicted molar refractivity (Wildman–Crippen MR) is 214 cm³/mol. The minimum Gasteiger partial charge on any atom is -0.455 e. The molecule has 2 aromatic heterocycles. The van der Waals surface area contributed by atoms with Gasteiger partial charge in [-0.2, -0.15) is 0 Å². The minimum atomic E-state index is -3.04. The molecule has 1 saturated heterocycles. The lowest BCUT2D eigenvalue weighted by Gasteiger charge is -2.43. The Balaban J connectivity index is 1.17. The number of nitrogens with one attached hydrogen (secondary N) is 1. The van der Waals surface area contributed by atoms with Gasteiger partial charge in [0.05, 0.1) is 25.4 Å². The number of hydrogen-bond donors (Lipinski definition) is 1. The van der Waals surface area contributed by atoms with Crippen molar-refractivity contribution in [1.29, 1.82) is 0 Å². The van der Waals surface area contributed by atoms with Gasteiger partial charge in [0.1, 0.15) is 17.9 Å². The first-order chi connectivity index (χ1) is 26.5. The zero-order valence-electron chi connectivity index (χ0n) is 31.1. The fraction of sp³-hybridized carbons (Fsp3) is 0.279. The Bertz CT molecular complexity index is 2330. The van der Waals surface area contributed by atoms with E-state index < -0.39 is 38.8 Å². The molecule has 1 aliphatic heterocycles. The van der Waals surface area contributed by atoms with Crippen LogP contribution in [0.3, 0.4) is 0 Å². The van der Waals surface area contributed by atoms with Gasteiger partial charge in [-0.05, 0) is 49.6 Å². The molecular formula is C43H42ClN5O5Si. The number of ether oxygens (including phenoxy) is 2. The summed E-state index contributed by atoms with van der Waals surface area (Å²) in [5.41, 5.74) is 6.44. The molecule has 1 amide bonds. The maximum absolute atomic E-state index is 14.3. The Morgan fingerprint density at radius 2 is 1.56 bits per heavy atom. The van der Waals surface area contributed by atoms with Crippen LogP contribution in [0.5, 0.6) is 0 Å². The second kappa shape index (κ2) is 14.8. The lowest BCUT2D eigenvalue weighted by molar-refractivity contribution is -0.153. The first-order valence-electron chi connectivity index (χ1n) is 18.4. The van der Waals surface area contributed by atoms with E-state index in [1.165, 1.54) is 24.4 Å². The molecule has 1 fully saturated rings. The second-order valence-electron chi connectivity index (χ2n) is 15.1. The molecular weight excluding hydrogens is 730 g/mol. The molecule has 6 aromatic rings. The van der Waals surface area contributed by atoms with Crippen LogP contribution < -0.4 is 15.7 Å². The molecule has 12 heteroatoms. The summed E-state index contributed by atoms with van der Waals surface area (Å²) in [6, 6.07) is 34.3. The van der Waals surface area contributed by atoms with E-state index in [1.807, 2.05) is 60.7 Å². The molecule has 4 aromatic carbocycles. The van der Waals surface area contributed by atoms with Gasteiger partial charge in [0.2, 0.25) is 5.91 Å². The first kappa shape index (κ1) is 36.8. The van der Waals surface area contributed by atoms with Gasteiger partial charge in [0.15, 0.2) is 23.1 Å². The molecule has 1 aliphatic carbocycles. The van der Waals surface area contributed by atoms with Crippen LogP contribution in [0, 0.1) is 0 Å². The normalized spacial score (nSPS) is 19.2. The van der Waals surface area contributed by atoms with Gasteiger partial charge in [-0.25, -0.2) is 15.0 Å². The highest BCUT2D eigenvalue weighted by atomic mass is 35.5. The molecule has 1 N–H and O–H groups in total. The molecule has 280 valence electrons. The SMILES string of the molecule is CC(=O)O[C@@H]1[C@H](NC(=O)Cc2cccc3c2Cc2ccccc2-3)[C@@H](CO[Si](c2ccccc2)(c2ccccc2)C(C)(C)C)O[C@H]1n1cnc2c(Cl)ncnc21. The molecule has 8 rings (SSSR count). The van der Waals surface area contributed by atoms with E-state index in [4.69, 9.17) is 25.5 Å². The van der Waals surface area contributed by atoms with Crippen LogP contribution in [0.4, 0.5) is 0 Å². The number of hydrogen-bond acceptors (Lipinski definition) is 8. The monoisotopic (exact) mass is 771 g/mol. The number of benzene rings is 4. The van der Waals surface area contributed by atoms with Crippen molar-refractivity contribution in [2.24, 2.45) is 0 Å². The van der Waals surface area contributed by atoms with Crippen molar-refractivity contribution in [2.75, 3.05) is 6.61 Å². The Morgan fingerprint density at radius 3 is 2.25 bits per heavy atom. The molecule has 0 radical (unpaired) electrons. The summed E-state index contributed by atoms with van der Waals surface area (Å²) in [7, 11) is -3.04. The van der Waals surface area contributed by atoms with Crippen molar-refractivity contribution in [3.05, 3.63) is 138 Å². The van der Waals surface area contributed by atoms with E-state index in [9.17, 15) is 9.59 Å². The van der Waals surface area contributed by atoms with E-state index in [-0.39, 0.29) is 29.1 Å². The number of carbonyl (C=O) groups excluding carboxylic acids is 2. The molecule has 3 heterocycles. The number of aromatic nitrogens is 4. The van der Waals surface area contributed by atoms with Gasteiger partial charge in [0.25, 0.3) is 8.32 Å². The fourth-order valence-corrected chi connectivity index (χ4v) is 13.1. The van der Waals surface area contributed by atoms with Crippen LogP contribution in [0.25, 0.3) is 22.3 Å². The van der Waals surface area contributed by atoms with E-state index in [0.29, 0.717) is 11.2 Å². The summed E-state index contributed by atoms with van der Waals surface area (Å²) in [4.78, 5) is 40.1. The smallest absolute Gasteiger partial charge is 0.303 e. The van der Waals surface area contributed by atoms with E-state index in [2.05, 4.69) is 83.5 Å². The summed E-state index contributed by atoms with van der Waals surface area (Å²) in [6.07, 6.45) is 1.14. The number of fused-ring (bicyclic) bond motifs is 4. The molecule has 0 bridgehead atoms. The number of halogens is 1. The summed E-state index contributed by atoms with van der Waals surface area (Å²) in [6.45, 7) is 8.05. The zero-order chi connectivity index (χ0) is 38.3. The quantitative estimate of drug-likeness (QED) is 0.0996. The molecule has 10 nitrogen and oxygen atoms in total. The summed E-state index contributed by atoms with van der Waals surface area (Å²) >= 11 is 6.40. The minimum absolute atomic E-state index is 0.0882. The summed E-state index contributed by atoms with van der Waals surface area (Å²) < 4.78 is 21.9. The molecule has 55 heavy (non-hydrogen) atoms.